The SMILES string of the molecule is CCCOCCC(O)Cc1cc(CC)nn1C. The number of aliphatic hydroxyl groups is 1. The van der Waals surface area contributed by atoms with Crippen molar-refractivity contribution in [2.24, 2.45) is 7.05 Å². The van der Waals surface area contributed by atoms with Crippen LogP contribution in [0.2, 0.25) is 0 Å². The molecule has 0 aliphatic rings. The first kappa shape index (κ1) is 14.2. The van der Waals surface area contributed by atoms with Crippen molar-refractivity contribution in [3.63, 3.8) is 0 Å². The van der Waals surface area contributed by atoms with Crippen molar-refractivity contribution in [2.45, 2.75) is 45.6 Å². The second-order valence-corrected chi connectivity index (χ2v) is 4.36. The van der Waals surface area contributed by atoms with Crippen molar-refractivity contribution >= 4 is 0 Å². The maximum Gasteiger partial charge on any atom is 0.0624 e. The number of aryl methyl sites for hydroxylation is 2. The van der Waals surface area contributed by atoms with Crippen LogP contribution in [0.4, 0.5) is 0 Å². The van der Waals surface area contributed by atoms with E-state index in [0.29, 0.717) is 19.4 Å². The normalized spacial score (nSPS) is 12.9. The zero-order valence-corrected chi connectivity index (χ0v) is 11.1. The van der Waals surface area contributed by atoms with Crippen LogP contribution in [-0.4, -0.2) is 34.2 Å². The summed E-state index contributed by atoms with van der Waals surface area (Å²) < 4.78 is 7.22. The Bertz CT molecular complexity index is 323. The first-order valence-corrected chi connectivity index (χ1v) is 6.45. The van der Waals surface area contributed by atoms with Crippen LogP contribution in [0.3, 0.4) is 0 Å². The Morgan fingerprint density at radius 3 is 2.76 bits per heavy atom. The summed E-state index contributed by atoms with van der Waals surface area (Å²) >= 11 is 0. The van der Waals surface area contributed by atoms with Gasteiger partial charge in [-0.05, 0) is 25.3 Å². The maximum atomic E-state index is 9.89. The minimum atomic E-state index is -0.341. The lowest BCUT2D eigenvalue weighted by Gasteiger charge is -2.10. The van der Waals surface area contributed by atoms with Gasteiger partial charge in [0.2, 0.25) is 0 Å². The summed E-state index contributed by atoms with van der Waals surface area (Å²) in [6, 6.07) is 2.07. The molecule has 0 aromatic carbocycles. The summed E-state index contributed by atoms with van der Waals surface area (Å²) in [7, 11) is 1.93. The lowest BCUT2D eigenvalue weighted by Crippen LogP contribution is -2.16. The highest BCUT2D eigenvalue weighted by Gasteiger charge is 2.10. The summed E-state index contributed by atoms with van der Waals surface area (Å²) in [6.07, 6.45) is 2.96. The summed E-state index contributed by atoms with van der Waals surface area (Å²) in [5, 5.41) is 14.3. The third-order valence-electron chi connectivity index (χ3n) is 2.78. The zero-order valence-electron chi connectivity index (χ0n) is 11.1. The van der Waals surface area contributed by atoms with Crippen LogP contribution in [0.15, 0.2) is 6.07 Å². The molecule has 0 radical (unpaired) electrons. The average molecular weight is 240 g/mol. The fraction of sp³-hybridized carbons (Fsp3) is 0.769. The molecule has 4 nitrogen and oxygen atoms in total. The Balaban J connectivity index is 2.34. The van der Waals surface area contributed by atoms with Crippen LogP contribution in [0, 0.1) is 0 Å². The largest absolute Gasteiger partial charge is 0.393 e. The number of hydrogen-bond acceptors (Lipinski definition) is 3. The molecule has 1 rings (SSSR count). The lowest BCUT2D eigenvalue weighted by molar-refractivity contribution is 0.0816. The van der Waals surface area contributed by atoms with Crippen LogP contribution in [0.5, 0.6) is 0 Å². The van der Waals surface area contributed by atoms with Gasteiger partial charge in [0.25, 0.3) is 0 Å². The van der Waals surface area contributed by atoms with Crippen molar-refractivity contribution in [3.8, 4) is 0 Å². The van der Waals surface area contributed by atoms with Crippen LogP contribution >= 0.6 is 0 Å². The van der Waals surface area contributed by atoms with Gasteiger partial charge in [-0.3, -0.25) is 4.68 Å². The summed E-state index contributed by atoms with van der Waals surface area (Å²) in [6.45, 7) is 5.57. The number of aliphatic hydroxyl groups excluding tert-OH is 1. The number of rotatable bonds is 8. The molecule has 4 heteroatoms. The van der Waals surface area contributed by atoms with E-state index in [1.54, 1.807) is 0 Å². The monoisotopic (exact) mass is 240 g/mol. The van der Waals surface area contributed by atoms with Gasteiger partial charge in [0.1, 0.15) is 0 Å². The molecule has 1 heterocycles. The average Bonchev–Trinajstić information content (AvgIpc) is 2.66. The van der Waals surface area contributed by atoms with Gasteiger partial charge in [-0.1, -0.05) is 13.8 Å². The van der Waals surface area contributed by atoms with Crippen LogP contribution < -0.4 is 0 Å². The highest BCUT2D eigenvalue weighted by Crippen LogP contribution is 2.08. The molecule has 17 heavy (non-hydrogen) atoms. The first-order chi connectivity index (χ1) is 8.17. The molecule has 0 saturated heterocycles. The minimum Gasteiger partial charge on any atom is -0.393 e. The Labute approximate surface area is 104 Å². The van der Waals surface area contributed by atoms with Crippen molar-refractivity contribution in [1.29, 1.82) is 0 Å². The standard InChI is InChI=1S/C13H24N2O2/c1-4-7-17-8-6-13(16)10-12-9-11(5-2)14-15(12)3/h9,13,16H,4-8,10H2,1-3H3. The van der Waals surface area contributed by atoms with Gasteiger partial charge < -0.3 is 9.84 Å². The van der Waals surface area contributed by atoms with Gasteiger partial charge >= 0.3 is 0 Å². The summed E-state index contributed by atoms with van der Waals surface area (Å²) in [5.41, 5.74) is 2.17. The maximum absolute atomic E-state index is 9.89. The molecule has 98 valence electrons. The van der Waals surface area contributed by atoms with Crippen LogP contribution in [0.25, 0.3) is 0 Å². The fourth-order valence-corrected chi connectivity index (χ4v) is 1.74. The van der Waals surface area contributed by atoms with Crippen molar-refractivity contribution in [2.75, 3.05) is 13.2 Å². The van der Waals surface area contributed by atoms with Gasteiger partial charge in [0, 0.05) is 32.4 Å². The molecule has 0 saturated carbocycles. The van der Waals surface area contributed by atoms with E-state index in [-0.39, 0.29) is 6.10 Å². The minimum absolute atomic E-state index is 0.341. The van der Waals surface area contributed by atoms with Gasteiger partial charge in [-0.2, -0.15) is 5.10 Å². The van der Waals surface area contributed by atoms with Gasteiger partial charge in [0.15, 0.2) is 0 Å². The predicted molar refractivity (Wildman–Crippen MR) is 68.0 cm³/mol. The smallest absolute Gasteiger partial charge is 0.0624 e. The molecule has 1 aromatic heterocycles. The molecule has 0 amide bonds. The quantitative estimate of drug-likeness (QED) is 0.704. The van der Waals surface area contributed by atoms with E-state index in [2.05, 4.69) is 25.0 Å². The van der Waals surface area contributed by atoms with Crippen LogP contribution in [-0.2, 0) is 24.6 Å². The van der Waals surface area contributed by atoms with Crippen molar-refractivity contribution in [1.82, 2.24) is 9.78 Å². The molecule has 0 fully saturated rings. The van der Waals surface area contributed by atoms with E-state index in [0.717, 1.165) is 30.8 Å². The topological polar surface area (TPSA) is 47.3 Å². The molecule has 1 aromatic rings. The molecule has 1 atom stereocenters. The van der Waals surface area contributed by atoms with Gasteiger partial charge in [0.05, 0.1) is 11.8 Å². The number of ether oxygens (including phenoxy) is 1. The van der Waals surface area contributed by atoms with Crippen LogP contribution in [0.1, 0.15) is 38.1 Å². The van der Waals surface area contributed by atoms with E-state index in [1.165, 1.54) is 0 Å². The Kier molecular flexibility index (Phi) is 6.22. The number of aromatic nitrogens is 2. The second kappa shape index (κ2) is 7.45. The molecule has 0 spiro atoms. The van der Waals surface area contributed by atoms with Crippen molar-refractivity contribution < 1.29 is 9.84 Å². The Morgan fingerprint density at radius 2 is 2.18 bits per heavy atom. The van der Waals surface area contributed by atoms with E-state index < -0.39 is 0 Å². The highest BCUT2D eigenvalue weighted by molar-refractivity contribution is 5.11. The fourth-order valence-electron chi connectivity index (χ4n) is 1.74. The molecular weight excluding hydrogens is 216 g/mol. The first-order valence-electron chi connectivity index (χ1n) is 6.45. The van der Waals surface area contributed by atoms with Crippen molar-refractivity contribution in [3.05, 3.63) is 17.5 Å². The number of hydrogen-bond donors (Lipinski definition) is 1. The molecule has 0 aliphatic carbocycles. The molecule has 0 aliphatic heterocycles. The van der Waals surface area contributed by atoms with Gasteiger partial charge in [-0.25, -0.2) is 0 Å². The summed E-state index contributed by atoms with van der Waals surface area (Å²) in [4.78, 5) is 0. The molecule has 0 bridgehead atoms. The third kappa shape index (κ3) is 4.88. The molecular formula is C13H24N2O2. The van der Waals surface area contributed by atoms with E-state index in [4.69, 9.17) is 4.74 Å². The highest BCUT2D eigenvalue weighted by atomic mass is 16.5. The van der Waals surface area contributed by atoms with E-state index in [9.17, 15) is 5.11 Å². The second-order valence-electron chi connectivity index (χ2n) is 4.36. The Morgan fingerprint density at radius 1 is 1.41 bits per heavy atom. The predicted octanol–water partition coefficient (Wildman–Crippen LogP) is 1.70. The van der Waals surface area contributed by atoms with E-state index in [1.807, 2.05) is 11.7 Å². The van der Waals surface area contributed by atoms with E-state index >= 15 is 0 Å². The zero-order chi connectivity index (χ0) is 12.7. The molecule has 1 unspecified atom stereocenters. The molecule has 1 N–H and O–H groups in total. The number of nitrogens with zero attached hydrogens (tertiary/aromatic N) is 2. The lowest BCUT2D eigenvalue weighted by atomic mass is 10.1. The Hall–Kier alpha value is -0.870. The summed E-state index contributed by atoms with van der Waals surface area (Å²) in [5.74, 6) is 0. The third-order valence-corrected chi connectivity index (χ3v) is 2.78. The van der Waals surface area contributed by atoms with Gasteiger partial charge in [-0.15, -0.1) is 0 Å².